The van der Waals surface area contributed by atoms with Gasteiger partial charge >= 0.3 is 0 Å². The zero-order valence-electron chi connectivity index (χ0n) is 8.68. The quantitative estimate of drug-likeness (QED) is 0.870. The molecule has 2 aromatic heterocycles. The van der Waals surface area contributed by atoms with Crippen molar-refractivity contribution in [2.24, 2.45) is 5.73 Å². The highest BCUT2D eigenvalue weighted by Crippen LogP contribution is 2.29. The summed E-state index contributed by atoms with van der Waals surface area (Å²) < 4.78 is 6.47. The molecular formula is C11H11IN2OS. The monoisotopic (exact) mass is 346 g/mol. The lowest BCUT2D eigenvalue weighted by molar-refractivity contribution is 0.404. The van der Waals surface area contributed by atoms with Crippen molar-refractivity contribution in [1.82, 2.24) is 4.98 Å². The van der Waals surface area contributed by atoms with Crippen molar-refractivity contribution in [3.63, 3.8) is 0 Å². The van der Waals surface area contributed by atoms with Crippen molar-refractivity contribution in [1.29, 1.82) is 0 Å². The van der Waals surface area contributed by atoms with Crippen molar-refractivity contribution >= 4 is 33.9 Å². The van der Waals surface area contributed by atoms with Crippen LogP contribution in [-0.2, 0) is 0 Å². The van der Waals surface area contributed by atoms with Crippen molar-refractivity contribution in [2.75, 3.05) is 7.11 Å². The smallest absolute Gasteiger partial charge is 0.142 e. The van der Waals surface area contributed by atoms with Gasteiger partial charge in [0.2, 0.25) is 0 Å². The van der Waals surface area contributed by atoms with Gasteiger partial charge in [0.15, 0.2) is 0 Å². The summed E-state index contributed by atoms with van der Waals surface area (Å²) in [5.74, 6) is 0.733. The Kier molecular flexibility index (Phi) is 3.78. The lowest BCUT2D eigenvalue weighted by Gasteiger charge is -2.12. The van der Waals surface area contributed by atoms with E-state index in [9.17, 15) is 0 Å². The minimum atomic E-state index is -0.226. The zero-order chi connectivity index (χ0) is 11.5. The maximum atomic E-state index is 6.17. The van der Waals surface area contributed by atoms with Gasteiger partial charge in [-0.3, -0.25) is 4.98 Å². The van der Waals surface area contributed by atoms with E-state index in [-0.39, 0.29) is 6.04 Å². The van der Waals surface area contributed by atoms with E-state index in [0.717, 1.165) is 17.0 Å². The molecule has 0 spiro atoms. The molecule has 84 valence electrons. The van der Waals surface area contributed by atoms with Crippen LogP contribution in [0.2, 0.25) is 0 Å². The summed E-state index contributed by atoms with van der Waals surface area (Å²) in [5.41, 5.74) is 8.02. The number of hydrogen-bond acceptors (Lipinski definition) is 4. The van der Waals surface area contributed by atoms with Gasteiger partial charge in [0.1, 0.15) is 11.4 Å². The molecule has 16 heavy (non-hydrogen) atoms. The molecule has 2 heterocycles. The molecule has 0 bridgehead atoms. The van der Waals surface area contributed by atoms with Gasteiger partial charge in [0, 0.05) is 6.20 Å². The number of rotatable bonds is 3. The van der Waals surface area contributed by atoms with E-state index in [2.05, 4.69) is 39.0 Å². The number of ether oxygens (including phenoxy) is 1. The van der Waals surface area contributed by atoms with Crippen LogP contribution in [-0.4, -0.2) is 12.1 Å². The molecule has 2 rings (SSSR count). The summed E-state index contributed by atoms with van der Waals surface area (Å²) in [4.78, 5) is 4.29. The molecule has 0 amide bonds. The van der Waals surface area contributed by atoms with E-state index in [1.54, 1.807) is 24.6 Å². The van der Waals surface area contributed by atoms with E-state index in [0.29, 0.717) is 0 Å². The lowest BCUT2D eigenvalue weighted by atomic mass is 10.1. The first-order valence-electron chi connectivity index (χ1n) is 4.71. The summed E-state index contributed by atoms with van der Waals surface area (Å²) in [6.07, 6.45) is 1.73. The van der Waals surface area contributed by atoms with Crippen molar-refractivity contribution in [3.05, 3.63) is 43.9 Å². The van der Waals surface area contributed by atoms with Gasteiger partial charge in [0.25, 0.3) is 0 Å². The van der Waals surface area contributed by atoms with Crippen LogP contribution in [0.4, 0.5) is 0 Å². The highest BCUT2D eigenvalue weighted by Gasteiger charge is 2.16. The van der Waals surface area contributed by atoms with Gasteiger partial charge in [-0.05, 0) is 51.7 Å². The first kappa shape index (κ1) is 11.8. The van der Waals surface area contributed by atoms with E-state index in [1.165, 1.54) is 2.88 Å². The molecule has 0 saturated heterocycles. The first-order chi connectivity index (χ1) is 7.72. The van der Waals surface area contributed by atoms with Crippen molar-refractivity contribution in [2.45, 2.75) is 6.04 Å². The molecule has 0 saturated carbocycles. The van der Waals surface area contributed by atoms with E-state index >= 15 is 0 Å². The molecule has 1 atom stereocenters. The molecule has 2 N–H and O–H groups in total. The number of nitrogens with two attached hydrogens (primary N) is 1. The fourth-order valence-electron chi connectivity index (χ4n) is 1.45. The van der Waals surface area contributed by atoms with Crippen LogP contribution in [0.3, 0.4) is 0 Å². The number of methoxy groups -OCH3 is 1. The highest BCUT2D eigenvalue weighted by molar-refractivity contribution is 14.1. The molecule has 0 aliphatic heterocycles. The minimum absolute atomic E-state index is 0.226. The third-order valence-electron chi connectivity index (χ3n) is 2.26. The van der Waals surface area contributed by atoms with Gasteiger partial charge < -0.3 is 10.5 Å². The van der Waals surface area contributed by atoms with E-state index < -0.39 is 0 Å². The molecule has 0 radical (unpaired) electrons. The Balaban J connectivity index is 2.36. The Morgan fingerprint density at radius 2 is 2.38 bits per heavy atom. The van der Waals surface area contributed by atoms with Crippen LogP contribution >= 0.6 is 33.9 Å². The molecule has 0 aliphatic rings. The normalized spacial score (nSPS) is 12.4. The van der Waals surface area contributed by atoms with Gasteiger partial charge in [-0.1, -0.05) is 0 Å². The second-order valence-corrected chi connectivity index (χ2v) is 6.06. The van der Waals surface area contributed by atoms with Gasteiger partial charge in [0.05, 0.1) is 16.0 Å². The Bertz CT molecular complexity index is 486. The Morgan fingerprint density at radius 3 is 3.00 bits per heavy atom. The third-order valence-corrected chi connectivity index (χ3v) is 4.07. The molecule has 0 fully saturated rings. The van der Waals surface area contributed by atoms with E-state index in [4.69, 9.17) is 10.5 Å². The SMILES string of the molecule is COc1cccnc1C(N)c1csc(I)c1. The maximum absolute atomic E-state index is 6.17. The van der Waals surface area contributed by atoms with Gasteiger partial charge in [-0.2, -0.15) is 0 Å². The predicted octanol–water partition coefficient (Wildman–Crippen LogP) is 2.80. The molecule has 0 aromatic carbocycles. The highest BCUT2D eigenvalue weighted by atomic mass is 127. The number of halogens is 1. The molecule has 3 nitrogen and oxygen atoms in total. The lowest BCUT2D eigenvalue weighted by Crippen LogP contribution is -2.13. The number of aromatic nitrogens is 1. The van der Waals surface area contributed by atoms with Crippen LogP contribution in [0, 0.1) is 2.88 Å². The minimum Gasteiger partial charge on any atom is -0.495 e. The molecular weight excluding hydrogens is 335 g/mol. The summed E-state index contributed by atoms with van der Waals surface area (Å²) in [5, 5.41) is 2.06. The zero-order valence-corrected chi connectivity index (χ0v) is 11.7. The fraction of sp³-hybridized carbons (Fsp3) is 0.182. The standard InChI is InChI=1S/C11H11IN2OS/c1-15-8-3-2-4-14-11(8)10(13)7-5-9(12)16-6-7/h2-6,10H,13H2,1H3. The summed E-state index contributed by atoms with van der Waals surface area (Å²) in [6.45, 7) is 0. The molecule has 5 heteroatoms. The van der Waals surface area contributed by atoms with Crippen LogP contribution in [0.25, 0.3) is 0 Å². The molecule has 2 aromatic rings. The van der Waals surface area contributed by atoms with Gasteiger partial charge in [-0.25, -0.2) is 0 Å². The first-order valence-corrected chi connectivity index (χ1v) is 6.66. The average molecular weight is 346 g/mol. The number of hydrogen-bond donors (Lipinski definition) is 1. The average Bonchev–Trinajstić information content (AvgIpc) is 2.75. The maximum Gasteiger partial charge on any atom is 0.142 e. The van der Waals surface area contributed by atoms with E-state index in [1.807, 2.05) is 12.1 Å². The topological polar surface area (TPSA) is 48.1 Å². The molecule has 1 unspecified atom stereocenters. The summed E-state index contributed by atoms with van der Waals surface area (Å²) in [6, 6.07) is 5.56. The van der Waals surface area contributed by atoms with Crippen LogP contribution in [0.5, 0.6) is 5.75 Å². The Morgan fingerprint density at radius 1 is 1.56 bits per heavy atom. The Hall–Kier alpha value is -0.660. The summed E-state index contributed by atoms with van der Waals surface area (Å²) in [7, 11) is 1.63. The van der Waals surface area contributed by atoms with Crippen LogP contribution in [0.15, 0.2) is 29.8 Å². The third kappa shape index (κ3) is 2.36. The molecule has 0 aliphatic carbocycles. The fourth-order valence-corrected chi connectivity index (χ4v) is 2.86. The number of nitrogens with zero attached hydrogens (tertiary/aromatic N) is 1. The largest absolute Gasteiger partial charge is 0.495 e. The Labute approximate surface area is 112 Å². The van der Waals surface area contributed by atoms with Crippen LogP contribution < -0.4 is 10.5 Å². The summed E-state index contributed by atoms with van der Waals surface area (Å²) >= 11 is 3.96. The second-order valence-electron chi connectivity index (χ2n) is 3.25. The van der Waals surface area contributed by atoms with Crippen LogP contribution in [0.1, 0.15) is 17.3 Å². The second kappa shape index (κ2) is 5.11. The number of thiophene rings is 1. The van der Waals surface area contributed by atoms with Crippen molar-refractivity contribution in [3.8, 4) is 5.75 Å². The van der Waals surface area contributed by atoms with Gasteiger partial charge in [-0.15, -0.1) is 11.3 Å². The van der Waals surface area contributed by atoms with Crippen molar-refractivity contribution < 1.29 is 4.74 Å². The predicted molar refractivity (Wildman–Crippen MR) is 73.9 cm³/mol. The number of pyridine rings is 1.